The molecule has 0 bridgehead atoms. The van der Waals surface area contributed by atoms with Crippen LogP contribution in [0.25, 0.3) is 0 Å². The molecule has 0 saturated carbocycles. The molecule has 36 heavy (non-hydrogen) atoms. The number of rotatable bonds is 9. The summed E-state index contributed by atoms with van der Waals surface area (Å²) in [5, 5.41) is 2.94. The van der Waals surface area contributed by atoms with E-state index < -0.39 is 0 Å². The fraction of sp³-hybridized carbons (Fsp3) is 0.214. The Balaban J connectivity index is 1.30. The van der Waals surface area contributed by atoms with Gasteiger partial charge in [-0.15, -0.1) is 0 Å². The zero-order chi connectivity index (χ0) is 24.9. The summed E-state index contributed by atoms with van der Waals surface area (Å²) >= 11 is 0. The average molecular weight is 488 g/mol. The second-order valence-electron chi connectivity index (χ2n) is 8.66. The van der Waals surface area contributed by atoms with E-state index in [1.165, 1.54) is 12.3 Å². The highest BCUT2D eigenvalue weighted by Gasteiger charge is 2.20. The van der Waals surface area contributed by atoms with Crippen LogP contribution >= 0.6 is 0 Å². The topological polar surface area (TPSA) is 76.8 Å². The van der Waals surface area contributed by atoms with E-state index in [-0.39, 0.29) is 36.8 Å². The molecular formula is C28H26FN3O4. The van der Waals surface area contributed by atoms with Gasteiger partial charge in [-0.1, -0.05) is 54.6 Å². The van der Waals surface area contributed by atoms with Crippen molar-refractivity contribution in [3.63, 3.8) is 0 Å². The van der Waals surface area contributed by atoms with Crippen molar-refractivity contribution < 1.29 is 23.1 Å². The Hall–Kier alpha value is -4.17. The van der Waals surface area contributed by atoms with E-state index in [1.54, 1.807) is 18.2 Å². The molecule has 1 amide bonds. The molecule has 3 aromatic carbocycles. The van der Waals surface area contributed by atoms with E-state index >= 15 is 0 Å². The summed E-state index contributed by atoms with van der Waals surface area (Å²) in [7, 11) is 0. The van der Waals surface area contributed by atoms with Crippen LogP contribution in [0, 0.1) is 5.82 Å². The molecule has 4 aromatic rings. The van der Waals surface area contributed by atoms with E-state index in [1.807, 2.05) is 60.4 Å². The smallest absolute Gasteiger partial charge is 0.273 e. The Morgan fingerprint density at radius 3 is 2.61 bits per heavy atom. The van der Waals surface area contributed by atoms with E-state index in [2.05, 4.69) is 10.3 Å². The molecule has 7 nitrogen and oxygen atoms in total. The van der Waals surface area contributed by atoms with Gasteiger partial charge in [0.2, 0.25) is 12.7 Å². The Kier molecular flexibility index (Phi) is 6.95. The van der Waals surface area contributed by atoms with Crippen molar-refractivity contribution in [2.45, 2.75) is 32.6 Å². The minimum absolute atomic E-state index is 0.178. The maximum atomic E-state index is 14.4. The van der Waals surface area contributed by atoms with Gasteiger partial charge in [0.1, 0.15) is 12.1 Å². The molecule has 0 aliphatic carbocycles. The van der Waals surface area contributed by atoms with Gasteiger partial charge in [0.25, 0.3) is 5.91 Å². The number of fused-ring (bicyclic) bond motifs is 1. The Morgan fingerprint density at radius 2 is 1.78 bits per heavy atom. The zero-order valence-electron chi connectivity index (χ0n) is 19.8. The van der Waals surface area contributed by atoms with Crippen molar-refractivity contribution in [1.82, 2.24) is 15.2 Å². The molecule has 1 aromatic heterocycles. The molecule has 8 heteroatoms. The fourth-order valence-corrected chi connectivity index (χ4v) is 4.11. The third kappa shape index (κ3) is 5.55. The maximum absolute atomic E-state index is 14.4. The van der Waals surface area contributed by atoms with Crippen molar-refractivity contribution in [3.05, 3.63) is 113 Å². The monoisotopic (exact) mass is 487 g/mol. The number of amides is 1. The number of ether oxygens (including phenoxy) is 2. The lowest BCUT2D eigenvalue weighted by molar-refractivity contribution is 0.0934. The largest absolute Gasteiger partial charge is 0.454 e. The Morgan fingerprint density at radius 1 is 1.00 bits per heavy atom. The molecule has 184 valence electrons. The van der Waals surface area contributed by atoms with E-state index in [0.29, 0.717) is 36.0 Å². The molecular weight excluding hydrogens is 461 g/mol. The quantitative estimate of drug-likeness (QED) is 0.348. The average Bonchev–Trinajstić information content (AvgIpc) is 3.55. The van der Waals surface area contributed by atoms with Crippen molar-refractivity contribution in [2.75, 3.05) is 6.79 Å². The number of nitrogens with zero attached hydrogens (tertiary/aromatic N) is 2. The summed E-state index contributed by atoms with van der Waals surface area (Å²) in [5.41, 5.74) is 2.72. The molecule has 5 rings (SSSR count). The van der Waals surface area contributed by atoms with Crippen molar-refractivity contribution >= 4 is 5.91 Å². The molecule has 0 spiro atoms. The highest BCUT2D eigenvalue weighted by atomic mass is 19.1. The van der Waals surface area contributed by atoms with Gasteiger partial charge >= 0.3 is 0 Å². The van der Waals surface area contributed by atoms with Crippen LogP contribution in [0.2, 0.25) is 0 Å². The standard InChI is InChI=1S/C28H26FN3O4/c1-19(21-7-3-2-4-8-21)30-28(33)24-17-34-27(31-24)16-32(15-22-9-5-6-10-23(22)29)14-20-11-12-25-26(13-20)36-18-35-25/h2-13,17,19H,14-16,18H2,1H3,(H,30,33)/t19-/m0/s1. The number of oxazole rings is 1. The van der Waals surface area contributed by atoms with Gasteiger partial charge in [-0.3, -0.25) is 9.69 Å². The molecule has 0 unspecified atom stereocenters. The van der Waals surface area contributed by atoms with Crippen LogP contribution < -0.4 is 14.8 Å². The minimum atomic E-state index is -0.322. The number of carbonyl (C=O) groups excluding carboxylic acids is 1. The highest BCUT2D eigenvalue weighted by molar-refractivity contribution is 5.92. The van der Waals surface area contributed by atoms with Crippen molar-refractivity contribution in [1.29, 1.82) is 0 Å². The number of benzene rings is 3. The number of halogens is 1. The van der Waals surface area contributed by atoms with E-state index in [9.17, 15) is 9.18 Å². The maximum Gasteiger partial charge on any atom is 0.273 e. The number of carbonyl (C=O) groups is 1. The minimum Gasteiger partial charge on any atom is -0.454 e. The van der Waals surface area contributed by atoms with E-state index in [0.717, 1.165) is 11.1 Å². The number of nitrogens with one attached hydrogen (secondary N) is 1. The molecule has 0 saturated heterocycles. The number of aromatic nitrogens is 1. The second kappa shape index (κ2) is 10.6. The van der Waals surface area contributed by atoms with Gasteiger partial charge in [-0.05, 0) is 36.2 Å². The van der Waals surface area contributed by atoms with Crippen molar-refractivity contribution in [2.24, 2.45) is 0 Å². The Bertz CT molecular complexity index is 1340. The summed E-state index contributed by atoms with van der Waals surface area (Å²) < 4.78 is 30.9. The van der Waals surface area contributed by atoms with Gasteiger partial charge in [-0.2, -0.15) is 0 Å². The molecule has 1 atom stereocenters. The predicted octanol–water partition coefficient (Wildman–Crippen LogP) is 5.24. The lowest BCUT2D eigenvalue weighted by atomic mass is 10.1. The summed E-state index contributed by atoms with van der Waals surface area (Å²) in [6.07, 6.45) is 1.35. The van der Waals surface area contributed by atoms with Crippen LogP contribution in [-0.2, 0) is 19.6 Å². The summed E-state index contributed by atoms with van der Waals surface area (Å²) in [6.45, 7) is 3.21. The molecule has 2 heterocycles. The zero-order valence-corrected chi connectivity index (χ0v) is 19.8. The van der Waals surface area contributed by atoms with Crippen LogP contribution in [-0.4, -0.2) is 22.6 Å². The second-order valence-corrected chi connectivity index (χ2v) is 8.66. The van der Waals surface area contributed by atoms with Crippen LogP contribution in [0.4, 0.5) is 4.39 Å². The first kappa shape index (κ1) is 23.6. The molecule has 0 fully saturated rings. The predicted molar refractivity (Wildman–Crippen MR) is 131 cm³/mol. The first-order chi connectivity index (χ1) is 17.5. The van der Waals surface area contributed by atoms with Gasteiger partial charge in [0.05, 0.1) is 12.6 Å². The van der Waals surface area contributed by atoms with E-state index in [4.69, 9.17) is 13.9 Å². The number of hydrogen-bond acceptors (Lipinski definition) is 6. The van der Waals surface area contributed by atoms with Crippen LogP contribution in [0.1, 0.15) is 46.0 Å². The first-order valence-electron chi connectivity index (χ1n) is 11.7. The molecule has 1 N–H and O–H groups in total. The van der Waals surface area contributed by atoms with Crippen molar-refractivity contribution in [3.8, 4) is 11.5 Å². The highest BCUT2D eigenvalue weighted by Crippen LogP contribution is 2.33. The number of hydrogen-bond donors (Lipinski definition) is 1. The van der Waals surface area contributed by atoms with Crippen LogP contribution in [0.5, 0.6) is 11.5 Å². The van der Waals surface area contributed by atoms with Gasteiger partial charge in [0, 0.05) is 18.7 Å². The third-order valence-electron chi connectivity index (χ3n) is 5.99. The lowest BCUT2D eigenvalue weighted by Crippen LogP contribution is -2.27. The van der Waals surface area contributed by atoms with Gasteiger partial charge in [-0.25, -0.2) is 9.37 Å². The SMILES string of the molecule is C[C@H](NC(=O)c1coc(CN(Cc2ccc3c(c2)OCO3)Cc2ccccc2F)n1)c1ccccc1. The summed E-state index contributed by atoms with van der Waals surface area (Å²) in [5.74, 6) is 1.14. The summed E-state index contributed by atoms with van der Waals surface area (Å²) in [6, 6.07) is 21.9. The Labute approximate surface area is 208 Å². The summed E-state index contributed by atoms with van der Waals surface area (Å²) in [4.78, 5) is 19.1. The molecule has 1 aliphatic rings. The lowest BCUT2D eigenvalue weighted by Gasteiger charge is -2.21. The normalized spacial score (nSPS) is 13.1. The third-order valence-corrected chi connectivity index (χ3v) is 5.99. The first-order valence-corrected chi connectivity index (χ1v) is 11.7. The van der Waals surface area contributed by atoms with Crippen LogP contribution in [0.15, 0.2) is 83.5 Å². The molecule has 0 radical (unpaired) electrons. The fourth-order valence-electron chi connectivity index (χ4n) is 4.11. The van der Waals surface area contributed by atoms with Crippen LogP contribution in [0.3, 0.4) is 0 Å². The van der Waals surface area contributed by atoms with Gasteiger partial charge < -0.3 is 19.2 Å². The van der Waals surface area contributed by atoms with Gasteiger partial charge in [0.15, 0.2) is 17.2 Å². The molecule has 1 aliphatic heterocycles.